The van der Waals surface area contributed by atoms with E-state index in [1.54, 1.807) is 11.6 Å². The smallest absolute Gasteiger partial charge is 0.329 e. The van der Waals surface area contributed by atoms with Crippen LogP contribution in [0.5, 0.6) is 0 Å². The van der Waals surface area contributed by atoms with Gasteiger partial charge in [-0.3, -0.25) is 33.4 Å². The third-order valence-corrected chi connectivity index (χ3v) is 15.7. The minimum atomic E-state index is -0.759. The van der Waals surface area contributed by atoms with E-state index in [2.05, 4.69) is 43.2 Å². The summed E-state index contributed by atoms with van der Waals surface area (Å²) >= 11 is 1.87. The number of unbranched alkanes of at least 4 members (excludes halogenated alkanes) is 1. The standard InChI is InChI=1S/C45H63N9O5S.CH5N/c1-31-9-7-11-35(31)54-40(46-2)34(45(18-19-45)42(54)58)28-48-33-16-22-51(23-17-33)60-52-25-21-44(30-52)20-24-50(29-44)39(56)13-6-5-10-32-14-15-36-38(27-32)49(4)43(59)53(36)37(12-8-26-55)41(57)47-3;1-2/h14-15,26-28,31,33,35,37H,2,5-13,16-25,29-30H2,1,3-4H3,(H,47,57);2H2,1H3. The van der Waals surface area contributed by atoms with Crippen LogP contribution in [0.4, 0.5) is 0 Å². The number of rotatable bonds is 16. The molecule has 338 valence electrons. The summed E-state index contributed by atoms with van der Waals surface area (Å²) < 4.78 is 8.05. The average molecular weight is 873 g/mol. The zero-order valence-corrected chi connectivity index (χ0v) is 38.2. The Labute approximate surface area is 370 Å². The summed E-state index contributed by atoms with van der Waals surface area (Å²) in [4.78, 5) is 77.6. The molecule has 5 heterocycles. The van der Waals surface area contributed by atoms with E-state index in [-0.39, 0.29) is 53.8 Å². The Hall–Kier alpha value is -4.12. The molecule has 0 bridgehead atoms. The van der Waals surface area contributed by atoms with Crippen LogP contribution in [0, 0.1) is 16.7 Å². The van der Waals surface area contributed by atoms with Gasteiger partial charge in [-0.05, 0) is 114 Å². The molecule has 2 aliphatic carbocycles. The maximum Gasteiger partial charge on any atom is 0.329 e. The van der Waals surface area contributed by atoms with E-state index in [4.69, 9.17) is 4.99 Å². The molecule has 2 saturated carbocycles. The molecule has 8 rings (SSSR count). The van der Waals surface area contributed by atoms with Crippen LogP contribution in [-0.2, 0) is 32.6 Å². The topological polar surface area (TPSA) is 171 Å². The molecule has 0 radical (unpaired) electrons. The van der Waals surface area contributed by atoms with Gasteiger partial charge in [-0.2, -0.15) is 0 Å². The van der Waals surface area contributed by atoms with Gasteiger partial charge in [0.25, 0.3) is 0 Å². The molecule has 15 nitrogen and oxygen atoms in total. The van der Waals surface area contributed by atoms with Gasteiger partial charge < -0.3 is 20.7 Å². The highest BCUT2D eigenvalue weighted by Crippen LogP contribution is 2.59. The first-order chi connectivity index (χ1) is 30.0. The summed E-state index contributed by atoms with van der Waals surface area (Å²) in [6.07, 6.45) is 15.5. The van der Waals surface area contributed by atoms with E-state index in [0.29, 0.717) is 17.9 Å². The van der Waals surface area contributed by atoms with Crippen molar-refractivity contribution in [3.8, 4) is 0 Å². The number of nitrogens with zero attached hydrogens (tertiary/aromatic N) is 8. The summed E-state index contributed by atoms with van der Waals surface area (Å²) in [5.74, 6) is 1.42. The van der Waals surface area contributed by atoms with Crippen molar-refractivity contribution < 1.29 is 19.2 Å². The number of aryl methyl sites for hydroxylation is 2. The lowest BCUT2D eigenvalue weighted by Gasteiger charge is -2.32. The zero-order chi connectivity index (χ0) is 44.2. The van der Waals surface area contributed by atoms with Gasteiger partial charge in [-0.1, -0.05) is 19.4 Å². The fourth-order valence-corrected chi connectivity index (χ4v) is 12.0. The average Bonchev–Trinajstić information content (AvgIpc) is 3.52. The number of aldehydes is 1. The lowest BCUT2D eigenvalue weighted by Crippen LogP contribution is -2.39. The van der Waals surface area contributed by atoms with Crippen LogP contribution in [-0.4, -0.2) is 130 Å². The molecule has 3 amide bonds. The highest BCUT2D eigenvalue weighted by molar-refractivity contribution is 7.94. The highest BCUT2D eigenvalue weighted by Gasteiger charge is 2.62. The molecule has 3 saturated heterocycles. The highest BCUT2D eigenvalue weighted by atomic mass is 32.2. The monoisotopic (exact) mass is 873 g/mol. The first-order valence-corrected chi connectivity index (χ1v) is 23.7. The summed E-state index contributed by atoms with van der Waals surface area (Å²) in [6.45, 7) is 11.8. The number of likely N-dealkylation sites (N-methyl/N-ethyl adjacent to an activating group) is 1. The van der Waals surface area contributed by atoms with Crippen molar-refractivity contribution >= 4 is 60.1 Å². The normalized spacial score (nSPS) is 25.7. The van der Waals surface area contributed by atoms with Crippen LogP contribution >= 0.6 is 12.1 Å². The number of likely N-dealkylation sites (tertiary alicyclic amines) is 1. The van der Waals surface area contributed by atoms with E-state index >= 15 is 0 Å². The number of hydrogen-bond acceptors (Lipinski definition) is 11. The van der Waals surface area contributed by atoms with Crippen LogP contribution in [0.25, 0.3) is 11.0 Å². The third kappa shape index (κ3) is 9.12. The fraction of sp³-hybridized carbons (Fsp3) is 0.674. The minimum Gasteiger partial charge on any atom is -0.357 e. The number of carbonyl (C=O) groups is 4. The number of piperidine rings is 1. The van der Waals surface area contributed by atoms with Crippen LogP contribution in [0.15, 0.2) is 44.4 Å². The van der Waals surface area contributed by atoms with Gasteiger partial charge in [-0.25, -0.2) is 18.4 Å². The molecular weight excluding hydrogens is 805 g/mol. The number of imidazole rings is 1. The Balaban J connectivity index is 0.00000285. The summed E-state index contributed by atoms with van der Waals surface area (Å²) in [7, 11) is 4.74. The first-order valence-electron chi connectivity index (χ1n) is 23.0. The summed E-state index contributed by atoms with van der Waals surface area (Å²) in [6, 6.07) is 5.60. The summed E-state index contributed by atoms with van der Waals surface area (Å²) in [5, 5.41) is 2.63. The second-order valence-corrected chi connectivity index (χ2v) is 19.6. The number of benzene rings is 1. The van der Waals surface area contributed by atoms with E-state index in [0.717, 1.165) is 145 Å². The second-order valence-electron chi connectivity index (χ2n) is 18.4. The number of amides is 3. The molecule has 6 aliphatic rings. The number of nitrogens with one attached hydrogen (secondary N) is 1. The first kappa shape index (κ1) is 45.9. The van der Waals surface area contributed by atoms with Gasteiger partial charge in [0.1, 0.15) is 18.1 Å². The minimum absolute atomic E-state index is 0.170. The lowest BCUT2D eigenvalue weighted by atomic mass is 9.86. The Morgan fingerprint density at radius 1 is 1.00 bits per heavy atom. The van der Waals surface area contributed by atoms with Crippen molar-refractivity contribution in [3.05, 3.63) is 45.6 Å². The number of hydrogen-bond donors (Lipinski definition) is 2. The Morgan fingerprint density at radius 3 is 2.44 bits per heavy atom. The van der Waals surface area contributed by atoms with Crippen molar-refractivity contribution in [2.45, 2.75) is 121 Å². The van der Waals surface area contributed by atoms with Gasteiger partial charge in [0.15, 0.2) is 0 Å². The largest absolute Gasteiger partial charge is 0.357 e. The van der Waals surface area contributed by atoms with Crippen LogP contribution in [0.3, 0.4) is 0 Å². The van der Waals surface area contributed by atoms with Crippen molar-refractivity contribution in [1.82, 2.24) is 32.9 Å². The predicted octanol–water partition coefficient (Wildman–Crippen LogP) is 4.64. The summed E-state index contributed by atoms with van der Waals surface area (Å²) in [5.41, 5.74) is 7.47. The number of aliphatic imine (C=N–C) groups is 2. The van der Waals surface area contributed by atoms with Gasteiger partial charge in [0.05, 0.1) is 22.5 Å². The van der Waals surface area contributed by atoms with E-state index in [9.17, 15) is 24.0 Å². The van der Waals surface area contributed by atoms with E-state index in [1.807, 2.05) is 41.4 Å². The Kier molecular flexibility index (Phi) is 14.6. The van der Waals surface area contributed by atoms with Crippen LogP contribution in [0.2, 0.25) is 0 Å². The zero-order valence-electron chi connectivity index (χ0n) is 37.4. The van der Waals surface area contributed by atoms with Crippen molar-refractivity contribution in [2.24, 2.45) is 39.5 Å². The second kappa shape index (κ2) is 19.7. The Morgan fingerprint density at radius 2 is 1.76 bits per heavy atom. The van der Waals surface area contributed by atoms with E-state index in [1.165, 1.54) is 18.7 Å². The number of aromatic nitrogens is 2. The number of fused-ring (bicyclic) bond motifs is 1. The molecule has 4 aliphatic heterocycles. The number of nitrogens with two attached hydrogens (primary N) is 1. The van der Waals surface area contributed by atoms with Crippen molar-refractivity contribution in [2.75, 3.05) is 53.4 Å². The van der Waals surface area contributed by atoms with Gasteiger partial charge >= 0.3 is 5.69 Å². The number of carbonyl (C=O) groups excluding carboxylic acids is 4. The Bertz CT molecular complexity index is 2120. The van der Waals surface area contributed by atoms with Gasteiger partial charge in [-0.15, -0.1) is 0 Å². The fourth-order valence-electron chi connectivity index (χ4n) is 10.8. The molecule has 1 aromatic carbocycles. The molecular formula is C46H68N10O5S. The molecule has 1 aromatic heterocycles. The van der Waals surface area contributed by atoms with Gasteiger partial charge in [0.2, 0.25) is 17.7 Å². The molecule has 16 heteroatoms. The molecule has 3 N–H and O–H groups in total. The van der Waals surface area contributed by atoms with E-state index < -0.39 is 11.5 Å². The molecule has 2 spiro atoms. The van der Waals surface area contributed by atoms with Crippen molar-refractivity contribution in [1.29, 1.82) is 0 Å². The maximum atomic E-state index is 13.7. The molecule has 4 unspecified atom stereocenters. The maximum absolute atomic E-state index is 13.7. The molecule has 2 aromatic rings. The van der Waals surface area contributed by atoms with Gasteiger partial charge in [0, 0.05) is 102 Å². The van der Waals surface area contributed by atoms with Crippen molar-refractivity contribution in [3.63, 3.8) is 0 Å². The lowest BCUT2D eigenvalue weighted by molar-refractivity contribution is -0.134. The van der Waals surface area contributed by atoms with Crippen LogP contribution < -0.4 is 16.7 Å². The SMILES string of the molecule is C=NC1=C(C=NC2CCN(SN3CCC4(CCN(C(=O)CCCCc5ccc6c(c5)n(C)c(=O)n6C(CCC=O)C(=O)NC)C4)C3)CC2)C2(CC2)C(=O)N1C1CCCC1C.CN. The third-order valence-electron chi connectivity index (χ3n) is 14.6. The predicted molar refractivity (Wildman–Crippen MR) is 246 cm³/mol. The molecule has 62 heavy (non-hydrogen) atoms. The molecule has 4 atom stereocenters. The van der Waals surface area contributed by atoms with Crippen LogP contribution in [0.1, 0.15) is 108 Å². The molecule has 5 fully saturated rings. The quantitative estimate of drug-likeness (QED) is 0.106.